The van der Waals surface area contributed by atoms with Gasteiger partial charge >= 0.3 is 0 Å². The van der Waals surface area contributed by atoms with Gasteiger partial charge in [0.1, 0.15) is 0 Å². The smallest absolute Gasteiger partial charge is 0.255 e. The molecule has 0 unspecified atom stereocenters. The third-order valence-electron chi connectivity index (χ3n) is 4.77. The van der Waals surface area contributed by atoms with E-state index >= 15 is 0 Å². The second-order valence-corrected chi connectivity index (χ2v) is 6.67. The van der Waals surface area contributed by atoms with E-state index in [9.17, 15) is 4.79 Å². The first-order valence-electron chi connectivity index (χ1n) is 9.08. The van der Waals surface area contributed by atoms with Gasteiger partial charge in [0.05, 0.1) is 17.4 Å². The van der Waals surface area contributed by atoms with Crippen LogP contribution in [0.15, 0.2) is 43.0 Å². The topological polar surface area (TPSA) is 49.3 Å². The summed E-state index contributed by atoms with van der Waals surface area (Å²) in [7, 11) is 1.85. The van der Waals surface area contributed by atoms with Crippen molar-refractivity contribution in [3.8, 4) is 0 Å². The number of likely N-dealkylation sites (N-methyl/N-ethyl adjacent to an activating group) is 1. The number of pyridine rings is 2. The van der Waals surface area contributed by atoms with Crippen molar-refractivity contribution in [1.82, 2.24) is 14.9 Å². The summed E-state index contributed by atoms with van der Waals surface area (Å²) in [6, 6.07) is 5.96. The minimum Gasteiger partial charge on any atom is -0.370 e. The van der Waals surface area contributed by atoms with Gasteiger partial charge in [-0.05, 0) is 43.0 Å². The Balaban J connectivity index is 1.63. The molecule has 0 aromatic carbocycles. The van der Waals surface area contributed by atoms with Crippen LogP contribution in [0.5, 0.6) is 0 Å². The number of hydrogen-bond donors (Lipinski definition) is 0. The summed E-state index contributed by atoms with van der Waals surface area (Å²) >= 11 is 0. The van der Waals surface area contributed by atoms with Crippen LogP contribution in [0.4, 0.5) is 5.69 Å². The lowest BCUT2D eigenvalue weighted by molar-refractivity contribution is 0.0796. The van der Waals surface area contributed by atoms with E-state index in [1.807, 2.05) is 31.4 Å². The van der Waals surface area contributed by atoms with Crippen molar-refractivity contribution in [2.24, 2.45) is 0 Å². The van der Waals surface area contributed by atoms with E-state index in [2.05, 4.69) is 14.9 Å². The van der Waals surface area contributed by atoms with Crippen LogP contribution in [0.1, 0.15) is 41.6 Å². The monoisotopic (exact) mass is 338 g/mol. The third-order valence-corrected chi connectivity index (χ3v) is 4.77. The molecule has 1 amide bonds. The summed E-state index contributed by atoms with van der Waals surface area (Å²) in [5, 5.41) is 0. The molecule has 0 atom stereocenters. The Morgan fingerprint density at radius 2 is 1.80 bits per heavy atom. The molecule has 5 heteroatoms. The van der Waals surface area contributed by atoms with Crippen LogP contribution in [-0.2, 0) is 6.42 Å². The summed E-state index contributed by atoms with van der Waals surface area (Å²) in [5.41, 5.74) is 2.92. The average molecular weight is 338 g/mol. The Kier molecular flexibility index (Phi) is 5.99. The first-order valence-corrected chi connectivity index (χ1v) is 9.08. The van der Waals surface area contributed by atoms with Crippen LogP contribution in [0.25, 0.3) is 0 Å². The highest BCUT2D eigenvalue weighted by Gasteiger charge is 2.15. The molecule has 2 aromatic heterocycles. The standard InChI is InChI=1S/C20H26N4O/c1-23(13-8-17-6-9-21-10-7-17)20(25)18-14-19(16-22-15-18)24-11-4-2-3-5-12-24/h6-7,9-10,14-16H,2-5,8,11-13H2,1H3. The van der Waals surface area contributed by atoms with Gasteiger partial charge in [0, 0.05) is 45.3 Å². The van der Waals surface area contributed by atoms with Gasteiger partial charge in [0.25, 0.3) is 5.91 Å². The van der Waals surface area contributed by atoms with Gasteiger partial charge in [0.15, 0.2) is 0 Å². The number of anilines is 1. The van der Waals surface area contributed by atoms with Gasteiger partial charge in [-0.15, -0.1) is 0 Å². The number of carbonyl (C=O) groups is 1. The summed E-state index contributed by atoms with van der Waals surface area (Å²) in [6.07, 6.45) is 12.9. The molecule has 5 nitrogen and oxygen atoms in total. The van der Waals surface area contributed by atoms with E-state index in [-0.39, 0.29) is 5.91 Å². The second-order valence-electron chi connectivity index (χ2n) is 6.67. The van der Waals surface area contributed by atoms with Gasteiger partial charge in [0.2, 0.25) is 0 Å². The molecule has 2 aromatic rings. The quantitative estimate of drug-likeness (QED) is 0.840. The highest BCUT2D eigenvalue weighted by atomic mass is 16.2. The summed E-state index contributed by atoms with van der Waals surface area (Å²) < 4.78 is 0. The van der Waals surface area contributed by atoms with Crippen molar-refractivity contribution >= 4 is 11.6 Å². The van der Waals surface area contributed by atoms with E-state index < -0.39 is 0 Å². The number of hydrogen-bond acceptors (Lipinski definition) is 4. The third kappa shape index (κ3) is 4.78. The number of aromatic nitrogens is 2. The largest absolute Gasteiger partial charge is 0.370 e. The molecular formula is C20H26N4O. The maximum absolute atomic E-state index is 12.7. The lowest BCUT2D eigenvalue weighted by atomic mass is 10.1. The molecule has 1 aliphatic heterocycles. The van der Waals surface area contributed by atoms with E-state index in [1.54, 1.807) is 23.5 Å². The van der Waals surface area contributed by atoms with Crippen LogP contribution >= 0.6 is 0 Å². The van der Waals surface area contributed by atoms with Gasteiger partial charge < -0.3 is 9.80 Å². The zero-order valence-electron chi connectivity index (χ0n) is 14.9. The van der Waals surface area contributed by atoms with Crippen LogP contribution < -0.4 is 4.90 Å². The minimum absolute atomic E-state index is 0.0261. The van der Waals surface area contributed by atoms with Crippen molar-refractivity contribution in [3.05, 3.63) is 54.1 Å². The Labute approximate surface area is 149 Å². The molecule has 1 aliphatic rings. The van der Waals surface area contributed by atoms with Crippen molar-refractivity contribution in [2.45, 2.75) is 32.1 Å². The van der Waals surface area contributed by atoms with Crippen molar-refractivity contribution in [2.75, 3.05) is 31.6 Å². The zero-order valence-corrected chi connectivity index (χ0v) is 14.9. The van der Waals surface area contributed by atoms with Gasteiger partial charge in [-0.1, -0.05) is 12.8 Å². The molecule has 132 valence electrons. The molecule has 25 heavy (non-hydrogen) atoms. The maximum atomic E-state index is 12.7. The average Bonchev–Trinajstić information content (AvgIpc) is 2.96. The van der Waals surface area contributed by atoms with Crippen LogP contribution in [-0.4, -0.2) is 47.5 Å². The first-order chi connectivity index (χ1) is 12.2. The fraction of sp³-hybridized carbons (Fsp3) is 0.450. The van der Waals surface area contributed by atoms with Crippen molar-refractivity contribution in [1.29, 1.82) is 0 Å². The molecular weight excluding hydrogens is 312 g/mol. The zero-order chi connectivity index (χ0) is 17.5. The summed E-state index contributed by atoms with van der Waals surface area (Å²) in [5.74, 6) is 0.0261. The summed E-state index contributed by atoms with van der Waals surface area (Å²) in [6.45, 7) is 2.78. The van der Waals surface area contributed by atoms with E-state index in [4.69, 9.17) is 0 Å². The highest BCUT2D eigenvalue weighted by Crippen LogP contribution is 2.20. The number of rotatable bonds is 5. The van der Waals surface area contributed by atoms with E-state index in [0.717, 1.165) is 25.2 Å². The predicted octanol–water partition coefficient (Wildman–Crippen LogP) is 3.17. The number of carbonyl (C=O) groups excluding carboxylic acids is 1. The Hall–Kier alpha value is -2.43. The predicted molar refractivity (Wildman–Crippen MR) is 99.8 cm³/mol. The lowest BCUT2D eigenvalue weighted by Gasteiger charge is -2.23. The first kappa shape index (κ1) is 17.4. The molecule has 0 radical (unpaired) electrons. The molecule has 0 saturated carbocycles. The fourth-order valence-electron chi connectivity index (χ4n) is 3.21. The Morgan fingerprint density at radius 3 is 2.52 bits per heavy atom. The van der Waals surface area contributed by atoms with E-state index in [1.165, 1.54) is 31.2 Å². The van der Waals surface area contributed by atoms with Crippen molar-refractivity contribution in [3.63, 3.8) is 0 Å². The molecule has 0 N–H and O–H groups in total. The summed E-state index contributed by atoms with van der Waals surface area (Å²) in [4.78, 5) is 25.2. The van der Waals surface area contributed by atoms with Gasteiger partial charge in [-0.25, -0.2) is 0 Å². The molecule has 0 aliphatic carbocycles. The van der Waals surface area contributed by atoms with Gasteiger partial charge in [-0.2, -0.15) is 0 Å². The van der Waals surface area contributed by atoms with E-state index in [0.29, 0.717) is 12.1 Å². The Bertz CT molecular complexity index is 681. The fourth-order valence-corrected chi connectivity index (χ4v) is 3.21. The van der Waals surface area contributed by atoms with Crippen LogP contribution in [0, 0.1) is 0 Å². The second kappa shape index (κ2) is 8.60. The molecule has 3 rings (SSSR count). The lowest BCUT2D eigenvalue weighted by Crippen LogP contribution is -2.29. The van der Waals surface area contributed by atoms with Crippen molar-refractivity contribution < 1.29 is 4.79 Å². The maximum Gasteiger partial charge on any atom is 0.255 e. The molecule has 0 bridgehead atoms. The van der Waals surface area contributed by atoms with Gasteiger partial charge in [-0.3, -0.25) is 14.8 Å². The molecule has 0 spiro atoms. The van der Waals surface area contributed by atoms with Crippen LogP contribution in [0.2, 0.25) is 0 Å². The molecule has 1 saturated heterocycles. The Morgan fingerprint density at radius 1 is 1.08 bits per heavy atom. The number of amides is 1. The van der Waals surface area contributed by atoms with Crippen LogP contribution in [0.3, 0.4) is 0 Å². The number of nitrogens with zero attached hydrogens (tertiary/aromatic N) is 4. The SMILES string of the molecule is CN(CCc1ccncc1)C(=O)c1cncc(N2CCCCCC2)c1. The normalized spacial score (nSPS) is 14.8. The minimum atomic E-state index is 0.0261. The molecule has 1 fully saturated rings. The highest BCUT2D eigenvalue weighted by molar-refractivity contribution is 5.94. The molecule has 3 heterocycles.